The molecule has 3 amide bonds. The highest BCUT2D eigenvalue weighted by atomic mass is 19.3. The fourth-order valence-electron chi connectivity index (χ4n) is 5.59. The molecule has 0 saturated carbocycles. The van der Waals surface area contributed by atoms with Gasteiger partial charge in [-0.2, -0.15) is 5.10 Å². The van der Waals surface area contributed by atoms with Crippen molar-refractivity contribution in [1.29, 1.82) is 0 Å². The maximum atomic E-state index is 13.7. The Morgan fingerprint density at radius 3 is 2.46 bits per heavy atom. The summed E-state index contributed by atoms with van der Waals surface area (Å²) in [5, 5.41) is 13.5. The largest absolute Gasteiger partial charge is 0.471 e. The van der Waals surface area contributed by atoms with E-state index in [-0.39, 0.29) is 23.4 Å². The lowest BCUT2D eigenvalue weighted by molar-refractivity contribution is 0.0774. The molecule has 2 aromatic carbocycles. The SMILES string of the molecule is CNC(=O)c1cc(-c2nn(-c3ccccc3)c(NC(=O)N[C@@H]3CN(CCOC)C[C@H]3c3ccccc3)c2C)cnc1OCC(F)F. The number of rotatable bonds is 12. The van der Waals surface area contributed by atoms with Crippen LogP contribution in [0.25, 0.3) is 16.9 Å². The summed E-state index contributed by atoms with van der Waals surface area (Å²) in [6.45, 7) is 3.67. The highest BCUT2D eigenvalue weighted by Crippen LogP contribution is 2.33. The normalized spacial score (nSPS) is 16.4. The summed E-state index contributed by atoms with van der Waals surface area (Å²) < 4.78 is 37.7. The van der Waals surface area contributed by atoms with Gasteiger partial charge >= 0.3 is 6.03 Å². The molecule has 2 atom stereocenters. The average molecular weight is 634 g/mol. The molecule has 46 heavy (non-hydrogen) atoms. The van der Waals surface area contributed by atoms with Crippen molar-refractivity contribution in [2.45, 2.75) is 25.3 Å². The van der Waals surface area contributed by atoms with Crippen LogP contribution in [-0.2, 0) is 4.74 Å². The van der Waals surface area contributed by atoms with E-state index in [1.807, 2.05) is 48.5 Å². The third-order valence-electron chi connectivity index (χ3n) is 7.85. The van der Waals surface area contributed by atoms with Gasteiger partial charge in [0.05, 0.1) is 24.0 Å². The zero-order valence-corrected chi connectivity index (χ0v) is 25.9. The van der Waals surface area contributed by atoms with Gasteiger partial charge < -0.3 is 20.1 Å². The Morgan fingerprint density at radius 2 is 1.78 bits per heavy atom. The van der Waals surface area contributed by atoms with Gasteiger partial charge in [0, 0.05) is 57.0 Å². The molecule has 4 aromatic rings. The Morgan fingerprint density at radius 1 is 1.07 bits per heavy atom. The van der Waals surface area contributed by atoms with E-state index in [9.17, 15) is 18.4 Å². The van der Waals surface area contributed by atoms with Gasteiger partial charge in [-0.1, -0.05) is 48.5 Å². The Hall–Kier alpha value is -4.88. The van der Waals surface area contributed by atoms with E-state index in [2.05, 4.69) is 38.0 Å². The summed E-state index contributed by atoms with van der Waals surface area (Å²) in [5.41, 5.74) is 3.29. The maximum absolute atomic E-state index is 13.7. The standard InChI is InChI=1S/C33H37F2N7O4/c1-21-29(23-16-25(31(43)36-2)32(37-17-23)46-20-28(34)35)40-42(24-12-8-5-9-13-24)30(21)39-33(44)38-27-19-41(14-15-45-3)18-26(27)22-10-6-4-7-11-22/h4-13,16-17,26-28H,14-15,18-20H2,1-3H3,(H,36,43)(H2,38,39,44)/t26-,27+/m0/s1. The Labute approximate surface area is 265 Å². The van der Waals surface area contributed by atoms with Crippen LogP contribution >= 0.6 is 0 Å². The number of hydrogen-bond acceptors (Lipinski definition) is 7. The van der Waals surface area contributed by atoms with Crippen LogP contribution < -0.4 is 20.7 Å². The summed E-state index contributed by atoms with van der Waals surface area (Å²) in [6, 6.07) is 20.3. The van der Waals surface area contributed by atoms with E-state index in [1.165, 1.54) is 19.3 Å². The summed E-state index contributed by atoms with van der Waals surface area (Å²) in [5.74, 6) is -0.269. The third-order valence-corrected chi connectivity index (χ3v) is 7.85. The monoisotopic (exact) mass is 633 g/mol. The second-order valence-corrected chi connectivity index (χ2v) is 10.9. The third kappa shape index (κ3) is 7.49. The Balaban J connectivity index is 1.46. The van der Waals surface area contributed by atoms with Gasteiger partial charge in [-0.25, -0.2) is 23.2 Å². The molecule has 0 bridgehead atoms. The minimum absolute atomic E-state index is 0.0206. The molecule has 0 unspecified atom stereocenters. The lowest BCUT2D eigenvalue weighted by atomic mass is 9.94. The summed E-state index contributed by atoms with van der Waals surface area (Å²) in [7, 11) is 3.09. The van der Waals surface area contributed by atoms with Crippen molar-refractivity contribution < 1.29 is 27.8 Å². The van der Waals surface area contributed by atoms with Crippen LogP contribution in [0.15, 0.2) is 72.9 Å². The number of urea groups is 1. The zero-order chi connectivity index (χ0) is 32.6. The van der Waals surface area contributed by atoms with Crippen molar-refractivity contribution >= 4 is 17.8 Å². The topological polar surface area (TPSA) is 123 Å². The van der Waals surface area contributed by atoms with E-state index in [1.54, 1.807) is 18.7 Å². The van der Waals surface area contributed by atoms with Crippen LogP contribution in [-0.4, -0.2) is 91.1 Å². The number of anilines is 1. The van der Waals surface area contributed by atoms with Gasteiger partial charge in [-0.05, 0) is 30.7 Å². The van der Waals surface area contributed by atoms with E-state index >= 15 is 0 Å². The molecule has 0 radical (unpaired) electrons. The van der Waals surface area contributed by atoms with E-state index in [0.717, 1.165) is 18.7 Å². The van der Waals surface area contributed by atoms with E-state index in [4.69, 9.17) is 14.6 Å². The number of methoxy groups -OCH3 is 1. The minimum Gasteiger partial charge on any atom is -0.471 e. The molecule has 1 aliphatic heterocycles. The van der Waals surface area contributed by atoms with E-state index < -0.39 is 25.0 Å². The molecular weight excluding hydrogens is 596 g/mol. The maximum Gasteiger partial charge on any atom is 0.320 e. The Kier molecular flexibility index (Phi) is 10.6. The number of carbonyl (C=O) groups excluding carboxylic acids is 2. The molecule has 242 valence electrons. The van der Waals surface area contributed by atoms with Crippen molar-refractivity contribution in [2.24, 2.45) is 0 Å². The first-order valence-corrected chi connectivity index (χ1v) is 14.9. The first-order chi connectivity index (χ1) is 22.3. The number of aromatic nitrogens is 3. The predicted octanol–water partition coefficient (Wildman–Crippen LogP) is 4.48. The number of nitrogens with zero attached hydrogens (tertiary/aromatic N) is 4. The van der Waals surface area contributed by atoms with Crippen molar-refractivity contribution in [1.82, 2.24) is 30.3 Å². The molecule has 5 rings (SSSR count). The number of hydrogen-bond donors (Lipinski definition) is 3. The number of carbonyl (C=O) groups is 2. The van der Waals surface area contributed by atoms with Crippen molar-refractivity contribution in [3.8, 4) is 22.8 Å². The average Bonchev–Trinajstić information content (AvgIpc) is 3.63. The molecule has 0 aliphatic carbocycles. The van der Waals surface area contributed by atoms with Crippen LogP contribution in [0.4, 0.5) is 19.4 Å². The number of halogens is 2. The van der Waals surface area contributed by atoms with Gasteiger partial charge in [-0.3, -0.25) is 15.0 Å². The first kappa shape index (κ1) is 32.5. The summed E-state index contributed by atoms with van der Waals surface area (Å²) in [4.78, 5) is 32.7. The molecule has 1 saturated heterocycles. The molecule has 3 heterocycles. The fourth-order valence-corrected chi connectivity index (χ4v) is 5.59. The van der Waals surface area contributed by atoms with Gasteiger partial charge in [0.1, 0.15) is 11.4 Å². The van der Waals surface area contributed by atoms with Crippen molar-refractivity contribution in [2.75, 3.05) is 52.3 Å². The highest BCUT2D eigenvalue weighted by Gasteiger charge is 2.35. The number of benzene rings is 2. The summed E-state index contributed by atoms with van der Waals surface area (Å²) in [6.07, 6.45) is -1.33. The zero-order valence-electron chi connectivity index (χ0n) is 25.9. The molecular formula is C33H37F2N7O4. The van der Waals surface area contributed by atoms with Crippen molar-refractivity contribution in [3.05, 3.63) is 89.6 Å². The summed E-state index contributed by atoms with van der Waals surface area (Å²) >= 11 is 0. The second-order valence-electron chi connectivity index (χ2n) is 10.9. The van der Waals surface area contributed by atoms with E-state index in [0.29, 0.717) is 41.5 Å². The van der Waals surface area contributed by atoms with Crippen LogP contribution in [0, 0.1) is 6.92 Å². The Bertz CT molecular complexity index is 1640. The highest BCUT2D eigenvalue weighted by molar-refractivity contribution is 5.97. The smallest absolute Gasteiger partial charge is 0.320 e. The van der Waals surface area contributed by atoms with Gasteiger partial charge in [0.15, 0.2) is 6.61 Å². The number of amides is 3. The number of pyridine rings is 1. The number of para-hydroxylation sites is 1. The molecule has 11 nitrogen and oxygen atoms in total. The molecule has 3 N–H and O–H groups in total. The lowest BCUT2D eigenvalue weighted by Crippen LogP contribution is -2.42. The molecule has 13 heteroatoms. The molecule has 1 fully saturated rings. The number of alkyl halides is 2. The molecule has 1 aliphatic rings. The van der Waals surface area contributed by atoms with Crippen LogP contribution in [0.3, 0.4) is 0 Å². The van der Waals surface area contributed by atoms with Crippen LogP contribution in [0.5, 0.6) is 5.88 Å². The number of likely N-dealkylation sites (tertiary alicyclic amines) is 1. The predicted molar refractivity (Wildman–Crippen MR) is 170 cm³/mol. The minimum atomic E-state index is -2.73. The van der Waals surface area contributed by atoms with Crippen LogP contribution in [0.2, 0.25) is 0 Å². The van der Waals surface area contributed by atoms with Gasteiger partial charge in [0.25, 0.3) is 12.3 Å². The van der Waals surface area contributed by atoms with Crippen molar-refractivity contribution in [3.63, 3.8) is 0 Å². The second kappa shape index (κ2) is 14.9. The number of nitrogens with one attached hydrogen (secondary N) is 3. The lowest BCUT2D eigenvalue weighted by Gasteiger charge is -2.21. The first-order valence-electron chi connectivity index (χ1n) is 14.9. The number of ether oxygens (including phenoxy) is 2. The molecule has 2 aromatic heterocycles. The quantitative estimate of drug-likeness (QED) is 0.210. The van der Waals surface area contributed by atoms with Gasteiger partial charge in [-0.15, -0.1) is 0 Å². The van der Waals surface area contributed by atoms with Crippen LogP contribution in [0.1, 0.15) is 27.4 Å². The van der Waals surface area contributed by atoms with Gasteiger partial charge in [0.2, 0.25) is 5.88 Å². The fraction of sp³-hybridized carbons (Fsp3) is 0.333. The molecule has 0 spiro atoms.